The van der Waals surface area contributed by atoms with Crippen LogP contribution >= 0.6 is 0 Å². The summed E-state index contributed by atoms with van der Waals surface area (Å²) >= 11 is 0. The summed E-state index contributed by atoms with van der Waals surface area (Å²) in [6.07, 6.45) is 2.17. The lowest BCUT2D eigenvalue weighted by atomic mass is 10.2. The fourth-order valence-corrected chi connectivity index (χ4v) is 2.48. The maximum Gasteiger partial charge on any atom is 0.325 e. The van der Waals surface area contributed by atoms with Gasteiger partial charge >= 0.3 is 5.97 Å². The van der Waals surface area contributed by atoms with Crippen LogP contribution in [-0.2, 0) is 16.1 Å². The Hall–Kier alpha value is -1.35. The molecule has 0 amide bonds. The second-order valence-corrected chi connectivity index (χ2v) is 4.71. The van der Waals surface area contributed by atoms with Crippen molar-refractivity contribution in [2.24, 2.45) is 0 Å². The molecule has 1 aliphatic rings. The van der Waals surface area contributed by atoms with Crippen molar-refractivity contribution in [1.29, 1.82) is 0 Å². The minimum Gasteiger partial charge on any atom is -0.465 e. The molecule has 0 saturated carbocycles. The predicted molar refractivity (Wildman–Crippen MR) is 71.1 cm³/mol. The number of hydrogen-bond acceptors (Lipinski definition) is 3. The van der Waals surface area contributed by atoms with Gasteiger partial charge in [-0.1, -0.05) is 43.7 Å². The Labute approximate surface area is 109 Å². The average Bonchev–Trinajstić information content (AvgIpc) is 3.04. The van der Waals surface area contributed by atoms with Gasteiger partial charge in [0, 0.05) is 12.6 Å². The molecule has 1 saturated heterocycles. The van der Waals surface area contributed by atoms with Crippen LogP contribution in [0.2, 0.25) is 0 Å². The van der Waals surface area contributed by atoms with Crippen LogP contribution < -0.4 is 0 Å². The van der Waals surface area contributed by atoms with Gasteiger partial charge in [0.1, 0.15) is 6.04 Å². The molecule has 0 radical (unpaired) electrons. The highest BCUT2D eigenvalue weighted by Crippen LogP contribution is 2.34. The number of ether oxygens (including phenoxy) is 1. The summed E-state index contributed by atoms with van der Waals surface area (Å²) in [7, 11) is 0. The van der Waals surface area contributed by atoms with Crippen LogP contribution in [0.1, 0.15) is 32.3 Å². The SMILES string of the molecule is CCC[C@H]1[C@@H](C(=O)OCC)N1Cc1ccccc1. The number of benzene rings is 1. The van der Waals surface area contributed by atoms with E-state index in [9.17, 15) is 4.79 Å². The molecule has 3 heteroatoms. The zero-order valence-electron chi connectivity index (χ0n) is 11.1. The van der Waals surface area contributed by atoms with Crippen LogP contribution in [0.3, 0.4) is 0 Å². The molecule has 0 aliphatic carbocycles. The van der Waals surface area contributed by atoms with E-state index in [2.05, 4.69) is 24.0 Å². The van der Waals surface area contributed by atoms with E-state index in [1.165, 1.54) is 5.56 Å². The van der Waals surface area contributed by atoms with E-state index < -0.39 is 0 Å². The molecular formula is C15H21NO2. The first-order valence-corrected chi connectivity index (χ1v) is 6.74. The second-order valence-electron chi connectivity index (χ2n) is 4.71. The molecule has 18 heavy (non-hydrogen) atoms. The van der Waals surface area contributed by atoms with Crippen molar-refractivity contribution in [2.75, 3.05) is 6.61 Å². The smallest absolute Gasteiger partial charge is 0.325 e. The Bertz CT molecular complexity index is 391. The first-order chi connectivity index (χ1) is 8.77. The van der Waals surface area contributed by atoms with Crippen LogP contribution in [-0.4, -0.2) is 29.6 Å². The monoisotopic (exact) mass is 247 g/mol. The molecule has 3 atom stereocenters. The minimum absolute atomic E-state index is 0.0230. The molecule has 0 aromatic heterocycles. The molecule has 3 nitrogen and oxygen atoms in total. The number of carbonyl (C=O) groups excluding carboxylic acids is 1. The van der Waals surface area contributed by atoms with Crippen molar-refractivity contribution in [3.8, 4) is 0 Å². The molecule has 1 fully saturated rings. The molecular weight excluding hydrogens is 226 g/mol. The van der Waals surface area contributed by atoms with E-state index in [0.717, 1.165) is 19.4 Å². The molecule has 1 heterocycles. The van der Waals surface area contributed by atoms with Gasteiger partial charge in [-0.25, -0.2) is 0 Å². The fraction of sp³-hybridized carbons (Fsp3) is 0.533. The van der Waals surface area contributed by atoms with Gasteiger partial charge in [0.25, 0.3) is 0 Å². The van der Waals surface area contributed by atoms with E-state index in [4.69, 9.17) is 4.74 Å². The topological polar surface area (TPSA) is 29.3 Å². The quantitative estimate of drug-likeness (QED) is 0.571. The van der Waals surface area contributed by atoms with E-state index >= 15 is 0 Å². The summed E-state index contributed by atoms with van der Waals surface area (Å²) in [6.45, 7) is 5.32. The average molecular weight is 247 g/mol. The van der Waals surface area contributed by atoms with Crippen molar-refractivity contribution < 1.29 is 9.53 Å². The molecule has 2 rings (SSSR count). The van der Waals surface area contributed by atoms with Crippen molar-refractivity contribution in [2.45, 2.75) is 45.3 Å². The van der Waals surface area contributed by atoms with Crippen molar-refractivity contribution >= 4 is 5.97 Å². The lowest BCUT2D eigenvalue weighted by Gasteiger charge is -2.04. The molecule has 1 aromatic rings. The maximum atomic E-state index is 11.8. The summed E-state index contributed by atoms with van der Waals surface area (Å²) in [5.41, 5.74) is 1.26. The highest BCUT2D eigenvalue weighted by atomic mass is 16.5. The summed E-state index contributed by atoms with van der Waals surface area (Å²) < 4.78 is 5.13. The Morgan fingerprint density at radius 2 is 2.00 bits per heavy atom. The molecule has 0 spiro atoms. The number of esters is 1. The second kappa shape index (κ2) is 6.01. The van der Waals surface area contributed by atoms with Crippen LogP contribution in [0, 0.1) is 0 Å². The van der Waals surface area contributed by atoms with Crippen molar-refractivity contribution in [3.63, 3.8) is 0 Å². The largest absolute Gasteiger partial charge is 0.465 e. The Kier molecular flexibility index (Phi) is 4.37. The van der Waals surface area contributed by atoms with Crippen molar-refractivity contribution in [1.82, 2.24) is 4.90 Å². The van der Waals surface area contributed by atoms with E-state index in [-0.39, 0.29) is 12.0 Å². The van der Waals surface area contributed by atoms with E-state index in [1.807, 2.05) is 25.1 Å². The van der Waals surface area contributed by atoms with Gasteiger partial charge in [-0.2, -0.15) is 0 Å². The summed E-state index contributed by atoms with van der Waals surface area (Å²) in [6, 6.07) is 10.6. The Morgan fingerprint density at radius 1 is 1.28 bits per heavy atom. The van der Waals surface area contributed by atoms with Crippen LogP contribution in [0.4, 0.5) is 0 Å². The van der Waals surface area contributed by atoms with Gasteiger partial charge < -0.3 is 4.74 Å². The summed E-state index contributed by atoms with van der Waals surface area (Å²) in [5, 5.41) is 0. The maximum absolute atomic E-state index is 11.8. The number of carbonyl (C=O) groups is 1. The van der Waals surface area contributed by atoms with Gasteiger partial charge in [-0.05, 0) is 18.9 Å². The molecule has 0 bridgehead atoms. The Morgan fingerprint density at radius 3 is 2.61 bits per heavy atom. The predicted octanol–water partition coefficient (Wildman–Crippen LogP) is 2.60. The van der Waals surface area contributed by atoms with Crippen molar-refractivity contribution in [3.05, 3.63) is 35.9 Å². The zero-order valence-corrected chi connectivity index (χ0v) is 11.1. The third kappa shape index (κ3) is 2.91. The summed E-state index contributed by atoms with van der Waals surface area (Å²) in [5.74, 6) is -0.0631. The lowest BCUT2D eigenvalue weighted by Crippen LogP contribution is -2.16. The highest BCUT2D eigenvalue weighted by Gasteiger charge is 2.52. The normalized spacial score (nSPS) is 25.8. The van der Waals surface area contributed by atoms with Crippen LogP contribution in [0.5, 0.6) is 0 Å². The highest BCUT2D eigenvalue weighted by molar-refractivity contribution is 5.80. The first kappa shape index (κ1) is 13.1. The number of hydrogen-bond donors (Lipinski definition) is 0. The zero-order chi connectivity index (χ0) is 13.0. The fourth-order valence-electron chi connectivity index (χ4n) is 2.48. The molecule has 0 N–H and O–H groups in total. The lowest BCUT2D eigenvalue weighted by molar-refractivity contribution is -0.143. The number of rotatable bonds is 6. The van der Waals surface area contributed by atoms with Gasteiger partial charge in [0.15, 0.2) is 0 Å². The third-order valence-electron chi connectivity index (χ3n) is 3.38. The molecule has 1 aromatic carbocycles. The van der Waals surface area contributed by atoms with Gasteiger partial charge in [0.05, 0.1) is 6.61 Å². The van der Waals surface area contributed by atoms with E-state index in [1.54, 1.807) is 0 Å². The third-order valence-corrected chi connectivity index (χ3v) is 3.38. The summed E-state index contributed by atoms with van der Waals surface area (Å²) in [4.78, 5) is 14.1. The molecule has 1 unspecified atom stereocenters. The molecule has 1 aliphatic heterocycles. The van der Waals surface area contributed by atoms with Gasteiger partial charge in [-0.15, -0.1) is 0 Å². The van der Waals surface area contributed by atoms with E-state index in [0.29, 0.717) is 12.6 Å². The minimum atomic E-state index is -0.0631. The van der Waals surface area contributed by atoms with Crippen LogP contribution in [0.25, 0.3) is 0 Å². The Balaban J connectivity index is 1.96. The molecule has 98 valence electrons. The standard InChI is InChI=1S/C15H21NO2/c1-3-8-13-14(15(17)18-4-2)16(13)11-12-9-6-5-7-10-12/h5-7,9-10,13-14H,3-4,8,11H2,1-2H3/t13-,14-,16?/m0/s1. The number of nitrogens with zero attached hydrogens (tertiary/aromatic N) is 1. The first-order valence-electron chi connectivity index (χ1n) is 6.74. The van der Waals surface area contributed by atoms with Gasteiger partial charge in [-0.3, -0.25) is 9.69 Å². The van der Waals surface area contributed by atoms with Crippen LogP contribution in [0.15, 0.2) is 30.3 Å². The van der Waals surface area contributed by atoms with Gasteiger partial charge in [0.2, 0.25) is 0 Å².